The molecule has 9 heteroatoms. The fraction of sp³-hybridized carbons (Fsp3) is 0.333. The lowest BCUT2D eigenvalue weighted by molar-refractivity contribution is -0.384. The molecule has 0 unspecified atom stereocenters. The Morgan fingerprint density at radius 2 is 1.60 bits per heavy atom. The lowest BCUT2D eigenvalue weighted by atomic mass is 10.1. The molecule has 0 saturated carbocycles. The summed E-state index contributed by atoms with van der Waals surface area (Å²) in [4.78, 5) is 23.1. The number of non-ortho nitro benzene ring substituents is 1. The summed E-state index contributed by atoms with van der Waals surface area (Å²) in [5.74, 6) is 0.753. The van der Waals surface area contributed by atoms with Crippen LogP contribution in [-0.2, 0) is 0 Å². The SMILES string of the molecule is CCOc1cc(C(=O)N/N=C(/C)c2cccc([N+](=O)[O-])c2)cc(OCC)c1OCC. The number of hydrogen-bond donors (Lipinski definition) is 1. The minimum absolute atomic E-state index is 0.0531. The first-order chi connectivity index (χ1) is 14.4. The van der Waals surface area contributed by atoms with Gasteiger partial charge in [-0.2, -0.15) is 5.10 Å². The molecule has 0 aliphatic heterocycles. The molecular formula is C21H25N3O6. The van der Waals surface area contributed by atoms with Crippen molar-refractivity contribution >= 4 is 17.3 Å². The Kier molecular flexibility index (Phi) is 8.16. The Bertz CT molecular complexity index is 915. The number of benzene rings is 2. The van der Waals surface area contributed by atoms with Gasteiger partial charge >= 0.3 is 0 Å². The van der Waals surface area contributed by atoms with Crippen LogP contribution in [0, 0.1) is 10.1 Å². The highest BCUT2D eigenvalue weighted by Gasteiger charge is 2.18. The Labute approximate surface area is 174 Å². The number of ether oxygens (including phenoxy) is 3. The largest absolute Gasteiger partial charge is 0.490 e. The molecule has 2 aromatic rings. The van der Waals surface area contributed by atoms with Crippen LogP contribution in [0.5, 0.6) is 17.2 Å². The van der Waals surface area contributed by atoms with Gasteiger partial charge in [0.2, 0.25) is 5.75 Å². The minimum atomic E-state index is -0.486. The van der Waals surface area contributed by atoms with E-state index in [0.29, 0.717) is 48.3 Å². The molecule has 30 heavy (non-hydrogen) atoms. The van der Waals surface area contributed by atoms with Crippen LogP contribution in [0.15, 0.2) is 41.5 Å². The van der Waals surface area contributed by atoms with Crippen LogP contribution in [0.2, 0.25) is 0 Å². The molecule has 0 saturated heterocycles. The van der Waals surface area contributed by atoms with Crippen LogP contribution in [0.3, 0.4) is 0 Å². The summed E-state index contributed by atoms with van der Waals surface area (Å²) < 4.78 is 16.9. The fourth-order valence-electron chi connectivity index (χ4n) is 2.63. The summed E-state index contributed by atoms with van der Waals surface area (Å²) in [6, 6.07) is 9.13. The van der Waals surface area contributed by atoms with Crippen LogP contribution in [0.4, 0.5) is 5.69 Å². The van der Waals surface area contributed by atoms with Crippen molar-refractivity contribution in [3.63, 3.8) is 0 Å². The minimum Gasteiger partial charge on any atom is -0.490 e. The maximum atomic E-state index is 12.7. The van der Waals surface area contributed by atoms with E-state index in [4.69, 9.17) is 14.2 Å². The summed E-state index contributed by atoms with van der Waals surface area (Å²) in [6.45, 7) is 8.34. The molecule has 0 aliphatic carbocycles. The third-order valence-electron chi connectivity index (χ3n) is 3.97. The van der Waals surface area contributed by atoms with Crippen LogP contribution < -0.4 is 19.6 Å². The standard InChI is InChI=1S/C21H25N3O6/c1-5-28-18-12-16(13-19(29-6-2)20(18)30-7-3)21(25)23-22-14(4)15-9-8-10-17(11-15)24(26)27/h8-13H,5-7H2,1-4H3,(H,23,25)/b22-14-. The number of nitro groups is 1. The van der Waals surface area contributed by atoms with Crippen LogP contribution in [0.25, 0.3) is 0 Å². The molecule has 0 spiro atoms. The quantitative estimate of drug-likeness (QED) is 0.357. The summed E-state index contributed by atoms with van der Waals surface area (Å²) in [5.41, 5.74) is 3.64. The molecular weight excluding hydrogens is 390 g/mol. The lowest BCUT2D eigenvalue weighted by Gasteiger charge is -2.16. The van der Waals surface area contributed by atoms with Crippen molar-refractivity contribution in [2.24, 2.45) is 5.10 Å². The van der Waals surface area contributed by atoms with E-state index in [1.54, 1.807) is 31.2 Å². The highest BCUT2D eigenvalue weighted by atomic mass is 16.6. The maximum Gasteiger partial charge on any atom is 0.271 e. The van der Waals surface area contributed by atoms with E-state index in [9.17, 15) is 14.9 Å². The summed E-state index contributed by atoms with van der Waals surface area (Å²) in [6.07, 6.45) is 0. The van der Waals surface area contributed by atoms with Crippen molar-refractivity contribution in [3.8, 4) is 17.2 Å². The normalized spacial score (nSPS) is 11.0. The molecule has 160 valence electrons. The van der Waals surface area contributed by atoms with Gasteiger partial charge in [0.1, 0.15) is 0 Å². The number of rotatable bonds is 10. The second-order valence-corrected chi connectivity index (χ2v) is 6.05. The molecule has 0 fully saturated rings. The van der Waals surface area contributed by atoms with Gasteiger partial charge in [-0.15, -0.1) is 0 Å². The summed E-state index contributed by atoms with van der Waals surface area (Å²) >= 11 is 0. The van der Waals surface area contributed by atoms with Gasteiger partial charge in [-0.3, -0.25) is 14.9 Å². The first-order valence-electron chi connectivity index (χ1n) is 9.57. The van der Waals surface area contributed by atoms with Gasteiger partial charge < -0.3 is 14.2 Å². The molecule has 0 radical (unpaired) electrons. The number of amides is 1. The summed E-state index contributed by atoms with van der Waals surface area (Å²) in [7, 11) is 0. The molecule has 1 N–H and O–H groups in total. The number of hydrazone groups is 1. The zero-order valence-corrected chi connectivity index (χ0v) is 17.4. The molecule has 0 heterocycles. The van der Waals surface area contributed by atoms with E-state index in [0.717, 1.165) is 0 Å². The summed E-state index contributed by atoms with van der Waals surface area (Å²) in [5, 5.41) is 15.0. The number of carbonyl (C=O) groups excluding carboxylic acids is 1. The number of hydrogen-bond acceptors (Lipinski definition) is 7. The predicted octanol–water partition coefficient (Wildman–Crippen LogP) is 3.94. The average Bonchev–Trinajstić information content (AvgIpc) is 2.74. The Morgan fingerprint density at radius 1 is 1.00 bits per heavy atom. The number of nitrogens with one attached hydrogen (secondary N) is 1. The van der Waals surface area contributed by atoms with Gasteiger partial charge in [0.05, 0.1) is 30.5 Å². The predicted molar refractivity (Wildman–Crippen MR) is 113 cm³/mol. The molecule has 2 aromatic carbocycles. The van der Waals surface area contributed by atoms with Crippen molar-refractivity contribution < 1.29 is 23.9 Å². The zero-order valence-electron chi connectivity index (χ0n) is 17.4. The molecule has 0 atom stereocenters. The van der Waals surface area contributed by atoms with Gasteiger partial charge in [-0.25, -0.2) is 5.43 Å². The lowest BCUT2D eigenvalue weighted by Crippen LogP contribution is -2.20. The third kappa shape index (κ3) is 5.69. The van der Waals surface area contributed by atoms with Crippen molar-refractivity contribution in [2.45, 2.75) is 27.7 Å². The second-order valence-electron chi connectivity index (χ2n) is 6.05. The Morgan fingerprint density at radius 3 is 2.13 bits per heavy atom. The van der Waals surface area contributed by atoms with Crippen LogP contribution in [-0.4, -0.2) is 36.4 Å². The van der Waals surface area contributed by atoms with Crippen LogP contribution >= 0.6 is 0 Å². The average molecular weight is 415 g/mol. The first kappa shape index (κ1) is 22.7. The van der Waals surface area contributed by atoms with Crippen LogP contribution in [0.1, 0.15) is 43.6 Å². The van der Waals surface area contributed by atoms with E-state index >= 15 is 0 Å². The topological polar surface area (TPSA) is 112 Å². The Hall–Kier alpha value is -3.62. The van der Waals surface area contributed by atoms with E-state index in [1.807, 2.05) is 20.8 Å². The van der Waals surface area contributed by atoms with Gasteiger partial charge in [-0.1, -0.05) is 12.1 Å². The van der Waals surface area contributed by atoms with Crippen molar-refractivity contribution in [2.75, 3.05) is 19.8 Å². The van der Waals surface area contributed by atoms with Gasteiger partial charge in [0, 0.05) is 23.3 Å². The molecule has 1 amide bonds. The monoisotopic (exact) mass is 415 g/mol. The van der Waals surface area contributed by atoms with Crippen molar-refractivity contribution in [3.05, 3.63) is 57.6 Å². The first-order valence-corrected chi connectivity index (χ1v) is 9.57. The molecule has 2 rings (SSSR count). The highest BCUT2D eigenvalue weighted by molar-refractivity contribution is 6.01. The van der Waals surface area contributed by atoms with Gasteiger partial charge in [-0.05, 0) is 39.8 Å². The second kappa shape index (κ2) is 10.8. The van der Waals surface area contributed by atoms with E-state index < -0.39 is 10.8 Å². The number of carbonyl (C=O) groups is 1. The van der Waals surface area contributed by atoms with Crippen molar-refractivity contribution in [1.29, 1.82) is 0 Å². The molecule has 0 aliphatic rings. The maximum absolute atomic E-state index is 12.7. The smallest absolute Gasteiger partial charge is 0.271 e. The molecule has 0 aromatic heterocycles. The molecule has 9 nitrogen and oxygen atoms in total. The van der Waals surface area contributed by atoms with E-state index in [-0.39, 0.29) is 11.3 Å². The third-order valence-corrected chi connectivity index (χ3v) is 3.97. The van der Waals surface area contributed by atoms with Gasteiger partial charge in [0.25, 0.3) is 11.6 Å². The van der Waals surface area contributed by atoms with Crippen molar-refractivity contribution in [1.82, 2.24) is 5.43 Å². The number of nitro benzene ring substituents is 1. The van der Waals surface area contributed by atoms with Gasteiger partial charge in [0.15, 0.2) is 11.5 Å². The Balaban J connectivity index is 2.30. The fourth-order valence-corrected chi connectivity index (χ4v) is 2.63. The highest BCUT2D eigenvalue weighted by Crippen LogP contribution is 2.39. The molecule has 0 bridgehead atoms. The van der Waals surface area contributed by atoms with E-state index in [1.165, 1.54) is 12.1 Å². The zero-order chi connectivity index (χ0) is 22.1. The number of nitrogens with zero attached hydrogens (tertiary/aromatic N) is 2. The van der Waals surface area contributed by atoms with E-state index in [2.05, 4.69) is 10.5 Å².